The SMILES string of the molecule is CCCNC(=O)CNc1cnn(-c2ccc(C(F)(F)F)cn2)c(=O)c1Cl. The molecule has 0 unspecified atom stereocenters. The van der Waals surface area contributed by atoms with Crippen molar-refractivity contribution in [3.63, 3.8) is 0 Å². The van der Waals surface area contributed by atoms with Crippen LogP contribution in [0.25, 0.3) is 5.82 Å². The number of hydrogen-bond acceptors (Lipinski definition) is 5. The van der Waals surface area contributed by atoms with E-state index < -0.39 is 17.3 Å². The summed E-state index contributed by atoms with van der Waals surface area (Å²) < 4.78 is 38.4. The van der Waals surface area contributed by atoms with Gasteiger partial charge in [0.15, 0.2) is 5.82 Å². The Kier molecular flexibility index (Phi) is 6.19. The molecule has 2 N–H and O–H groups in total. The monoisotopic (exact) mass is 389 g/mol. The van der Waals surface area contributed by atoms with E-state index in [4.69, 9.17) is 11.6 Å². The third-order valence-electron chi connectivity index (χ3n) is 3.22. The van der Waals surface area contributed by atoms with E-state index in [2.05, 4.69) is 20.7 Å². The minimum Gasteiger partial charge on any atom is -0.373 e. The summed E-state index contributed by atoms with van der Waals surface area (Å²) in [6.07, 6.45) is -1.96. The van der Waals surface area contributed by atoms with E-state index in [0.29, 0.717) is 12.7 Å². The Balaban J connectivity index is 2.19. The molecule has 7 nitrogen and oxygen atoms in total. The minimum absolute atomic E-state index is 0.108. The van der Waals surface area contributed by atoms with E-state index in [-0.39, 0.29) is 29.0 Å². The van der Waals surface area contributed by atoms with Crippen LogP contribution in [0.3, 0.4) is 0 Å². The highest BCUT2D eigenvalue weighted by Crippen LogP contribution is 2.28. The molecular weight excluding hydrogens is 375 g/mol. The Bertz CT molecular complexity index is 837. The van der Waals surface area contributed by atoms with Crippen molar-refractivity contribution in [2.24, 2.45) is 0 Å². The van der Waals surface area contributed by atoms with Crippen molar-refractivity contribution in [2.75, 3.05) is 18.4 Å². The van der Waals surface area contributed by atoms with Gasteiger partial charge in [-0.25, -0.2) is 4.98 Å². The van der Waals surface area contributed by atoms with Crippen LogP contribution < -0.4 is 16.2 Å². The van der Waals surface area contributed by atoms with E-state index >= 15 is 0 Å². The zero-order valence-corrected chi connectivity index (χ0v) is 14.4. The Morgan fingerprint density at radius 2 is 2.04 bits per heavy atom. The second-order valence-electron chi connectivity index (χ2n) is 5.20. The highest BCUT2D eigenvalue weighted by atomic mass is 35.5. The number of aromatic nitrogens is 3. The molecule has 2 rings (SSSR count). The second kappa shape index (κ2) is 8.17. The molecule has 2 aromatic heterocycles. The smallest absolute Gasteiger partial charge is 0.373 e. The van der Waals surface area contributed by atoms with Crippen LogP contribution >= 0.6 is 11.6 Å². The van der Waals surface area contributed by atoms with Gasteiger partial charge in [0, 0.05) is 12.7 Å². The summed E-state index contributed by atoms with van der Waals surface area (Å²) in [5, 5.41) is 8.89. The molecule has 1 amide bonds. The normalized spacial score (nSPS) is 11.3. The first kappa shape index (κ1) is 19.7. The lowest BCUT2D eigenvalue weighted by Crippen LogP contribution is -2.31. The van der Waals surface area contributed by atoms with Gasteiger partial charge in [-0.15, -0.1) is 0 Å². The van der Waals surface area contributed by atoms with Gasteiger partial charge in [-0.1, -0.05) is 18.5 Å². The van der Waals surface area contributed by atoms with Gasteiger partial charge < -0.3 is 10.6 Å². The largest absolute Gasteiger partial charge is 0.417 e. The maximum absolute atomic E-state index is 12.6. The van der Waals surface area contributed by atoms with Crippen molar-refractivity contribution in [3.05, 3.63) is 45.5 Å². The molecule has 0 radical (unpaired) electrons. The maximum Gasteiger partial charge on any atom is 0.417 e. The van der Waals surface area contributed by atoms with Gasteiger partial charge in [0.25, 0.3) is 5.56 Å². The van der Waals surface area contributed by atoms with Gasteiger partial charge in [0.05, 0.1) is 24.0 Å². The lowest BCUT2D eigenvalue weighted by Gasteiger charge is -2.11. The first-order valence-corrected chi connectivity index (χ1v) is 7.94. The number of nitrogens with one attached hydrogen (secondary N) is 2. The number of amides is 1. The van der Waals surface area contributed by atoms with Gasteiger partial charge >= 0.3 is 6.18 Å². The fourth-order valence-electron chi connectivity index (χ4n) is 1.90. The molecule has 0 saturated carbocycles. The van der Waals surface area contributed by atoms with Crippen molar-refractivity contribution in [1.29, 1.82) is 0 Å². The molecule has 0 saturated heterocycles. The summed E-state index contributed by atoms with van der Waals surface area (Å²) in [6, 6.07) is 1.80. The predicted octanol–water partition coefficient (Wildman–Crippen LogP) is 2.24. The van der Waals surface area contributed by atoms with Crippen molar-refractivity contribution in [3.8, 4) is 5.82 Å². The summed E-state index contributed by atoms with van der Waals surface area (Å²) in [4.78, 5) is 27.4. The molecule has 2 heterocycles. The maximum atomic E-state index is 12.6. The van der Waals surface area contributed by atoms with Crippen LogP contribution in [0.1, 0.15) is 18.9 Å². The van der Waals surface area contributed by atoms with Gasteiger partial charge in [-0.05, 0) is 18.6 Å². The van der Waals surface area contributed by atoms with Crippen LogP contribution in [-0.4, -0.2) is 33.8 Å². The number of carbonyl (C=O) groups is 1. The van der Waals surface area contributed by atoms with Crippen LogP contribution in [-0.2, 0) is 11.0 Å². The predicted molar refractivity (Wildman–Crippen MR) is 89.4 cm³/mol. The van der Waals surface area contributed by atoms with E-state index in [1.807, 2.05) is 6.92 Å². The summed E-state index contributed by atoms with van der Waals surface area (Å²) in [5.74, 6) is -0.395. The van der Waals surface area contributed by atoms with Crippen LogP contribution in [0.15, 0.2) is 29.3 Å². The quantitative estimate of drug-likeness (QED) is 0.791. The van der Waals surface area contributed by atoms with Crippen molar-refractivity contribution in [1.82, 2.24) is 20.1 Å². The molecule has 140 valence electrons. The number of rotatable bonds is 6. The molecule has 0 fully saturated rings. The lowest BCUT2D eigenvalue weighted by molar-refractivity contribution is -0.137. The number of hydrogen-bond donors (Lipinski definition) is 2. The van der Waals surface area contributed by atoms with Crippen molar-refractivity contribution < 1.29 is 18.0 Å². The average molecular weight is 390 g/mol. The van der Waals surface area contributed by atoms with Gasteiger partial charge in [0.1, 0.15) is 5.02 Å². The molecule has 0 atom stereocenters. The molecule has 26 heavy (non-hydrogen) atoms. The fourth-order valence-corrected chi connectivity index (χ4v) is 2.10. The molecule has 11 heteroatoms. The van der Waals surface area contributed by atoms with Gasteiger partial charge in [0.2, 0.25) is 5.91 Å². The van der Waals surface area contributed by atoms with Crippen LogP contribution in [0.2, 0.25) is 5.02 Å². The van der Waals surface area contributed by atoms with Crippen LogP contribution in [0.4, 0.5) is 18.9 Å². The molecule has 0 aliphatic heterocycles. The zero-order valence-electron chi connectivity index (χ0n) is 13.6. The zero-order chi connectivity index (χ0) is 19.3. The van der Waals surface area contributed by atoms with E-state index in [9.17, 15) is 22.8 Å². The molecule has 0 bridgehead atoms. The summed E-state index contributed by atoms with van der Waals surface area (Å²) in [6.45, 7) is 2.32. The van der Waals surface area contributed by atoms with Gasteiger partial charge in [-0.3, -0.25) is 9.59 Å². The molecule has 2 aromatic rings. The molecule has 0 aliphatic carbocycles. The third kappa shape index (κ3) is 4.72. The van der Waals surface area contributed by atoms with E-state index in [0.717, 1.165) is 23.2 Å². The van der Waals surface area contributed by atoms with E-state index in [1.54, 1.807) is 0 Å². The first-order chi connectivity index (χ1) is 12.2. The number of carbonyl (C=O) groups excluding carboxylic acids is 1. The first-order valence-electron chi connectivity index (χ1n) is 7.56. The highest BCUT2D eigenvalue weighted by Gasteiger charge is 2.30. The Labute approximate surface area is 151 Å². The Morgan fingerprint density at radius 3 is 2.62 bits per heavy atom. The average Bonchev–Trinajstić information content (AvgIpc) is 2.60. The summed E-state index contributed by atoms with van der Waals surface area (Å²) >= 11 is 5.96. The number of anilines is 1. The van der Waals surface area contributed by atoms with Crippen LogP contribution in [0, 0.1) is 0 Å². The van der Waals surface area contributed by atoms with E-state index in [1.165, 1.54) is 6.20 Å². The summed E-state index contributed by atoms with van der Waals surface area (Å²) in [7, 11) is 0. The topological polar surface area (TPSA) is 88.9 Å². The second-order valence-corrected chi connectivity index (χ2v) is 5.57. The summed E-state index contributed by atoms with van der Waals surface area (Å²) in [5.41, 5.74) is -1.60. The van der Waals surface area contributed by atoms with Crippen molar-refractivity contribution in [2.45, 2.75) is 19.5 Å². The molecule has 0 aromatic carbocycles. The minimum atomic E-state index is -4.53. The third-order valence-corrected chi connectivity index (χ3v) is 3.59. The number of halogens is 4. The standard InChI is InChI=1S/C15H15ClF3N5O2/c1-2-5-20-12(25)8-21-10-7-23-24(14(26)13(10)16)11-4-3-9(6-22-11)15(17,18)19/h3-4,6-7,21H,2,5,8H2,1H3,(H,20,25). The number of pyridine rings is 1. The molecule has 0 spiro atoms. The number of alkyl halides is 3. The Hall–Kier alpha value is -2.62. The fraction of sp³-hybridized carbons (Fsp3) is 0.333. The van der Waals surface area contributed by atoms with Gasteiger partial charge in [-0.2, -0.15) is 23.0 Å². The Morgan fingerprint density at radius 1 is 1.31 bits per heavy atom. The molecule has 0 aliphatic rings. The number of nitrogens with zero attached hydrogens (tertiary/aromatic N) is 3. The van der Waals surface area contributed by atoms with Crippen molar-refractivity contribution >= 4 is 23.2 Å². The van der Waals surface area contributed by atoms with Crippen LogP contribution in [0.5, 0.6) is 0 Å². The lowest BCUT2D eigenvalue weighted by atomic mass is 10.3. The highest BCUT2D eigenvalue weighted by molar-refractivity contribution is 6.33. The molecular formula is C15H15ClF3N5O2.